The van der Waals surface area contributed by atoms with Gasteiger partial charge >= 0.3 is 87.1 Å². The molecule has 0 aliphatic carbocycles. The van der Waals surface area contributed by atoms with Gasteiger partial charge in [0.2, 0.25) is 0 Å². The predicted octanol–water partition coefficient (Wildman–Crippen LogP) is -8.21. The van der Waals surface area contributed by atoms with E-state index in [9.17, 15) is 14.4 Å². The van der Waals surface area contributed by atoms with E-state index in [4.69, 9.17) is 88.2 Å². The van der Waals surface area contributed by atoms with Crippen molar-refractivity contribution in [3.8, 4) is 0 Å². The van der Waals surface area contributed by atoms with E-state index in [1.807, 2.05) is 0 Å². The van der Waals surface area contributed by atoms with Crippen LogP contribution < -0.4 is 63.8 Å². The Morgan fingerprint density at radius 1 is 0.488 bits per heavy atom. The van der Waals surface area contributed by atoms with Gasteiger partial charge in [0.15, 0.2) is 0 Å². The molecule has 0 radical (unpaired) electrons. The number of nitrogens with two attached hydrogens (primary N) is 6. The van der Waals surface area contributed by atoms with Crippen LogP contribution >= 0.6 is 15.6 Å². The van der Waals surface area contributed by atoms with Crippen LogP contribution in [0, 0.1) is 0 Å². The predicted molar refractivity (Wildman–Crippen MR) is 148 cm³/mol. The number of carboxylic acids is 3. The number of rotatable bonds is 15. The fourth-order valence-electron chi connectivity index (χ4n) is 1.90. The number of phosphoric acid groups is 2. The first-order chi connectivity index (χ1) is 18.0. The minimum absolute atomic E-state index is 0. The Morgan fingerprint density at radius 3 is 0.721 bits per heavy atom. The molecule has 0 saturated carbocycles. The Balaban J connectivity index is -0.0000000600. The Hall–Kier alpha value is 0.689. The fourth-order valence-corrected chi connectivity index (χ4v) is 1.90. The number of unbranched alkanes of at least 4 members (excludes halogenated alkanes) is 3. The van der Waals surface area contributed by atoms with Gasteiger partial charge in [-0.05, 0) is 58.2 Å². The molecule has 0 saturated heterocycles. The fraction of sp³-hybridized carbons (Fsp3) is 0.833. The molecule has 0 aromatic heterocycles. The third-order valence-electron chi connectivity index (χ3n) is 3.86. The van der Waals surface area contributed by atoms with Gasteiger partial charge in [0, 0.05) is 0 Å². The van der Waals surface area contributed by atoms with Crippen LogP contribution in [0.5, 0.6) is 0 Å². The van der Waals surface area contributed by atoms with E-state index in [0.717, 1.165) is 38.5 Å². The van der Waals surface area contributed by atoms with Gasteiger partial charge in [-0.3, -0.25) is 14.4 Å². The average Bonchev–Trinajstić information content (AvgIpc) is 2.77. The monoisotopic (exact) mass is 700 g/mol. The minimum Gasteiger partial charge on any atom is -0.822 e. The van der Waals surface area contributed by atoms with E-state index in [1.165, 1.54) is 0 Å². The molecule has 0 aliphatic rings. The van der Waals surface area contributed by atoms with Gasteiger partial charge in [-0.2, -0.15) is 15.6 Å². The third-order valence-corrected chi connectivity index (χ3v) is 3.86. The average molecular weight is 701 g/mol. The SMILES string of the molecule is NCCCC[C@H](N)C(=O)O.NCCCC[C@H](N)C(=O)O.NCCCC[C@H](N)C(=O)O.O=P([O-])([O-])[O-].O=P([O-])([O-])[O-].[Mg+2].[Mg+2].[Mg+2]. The first kappa shape index (κ1) is 62.5. The van der Waals surface area contributed by atoms with Crippen LogP contribution in [-0.2, 0) is 23.5 Å². The molecule has 0 bridgehead atoms. The number of carboxylic acid groups (broad SMARTS) is 3. The molecule has 0 fully saturated rings. The first-order valence-corrected chi connectivity index (χ1v) is 14.5. The molecular weight excluding hydrogens is 659 g/mol. The maximum Gasteiger partial charge on any atom is 2.00 e. The molecule has 0 aromatic rings. The number of carbonyl (C=O) groups is 3. The van der Waals surface area contributed by atoms with E-state index in [-0.39, 0.29) is 69.2 Å². The van der Waals surface area contributed by atoms with E-state index in [0.29, 0.717) is 38.9 Å². The summed E-state index contributed by atoms with van der Waals surface area (Å²) < 4.78 is 17.1. The summed E-state index contributed by atoms with van der Waals surface area (Å²) >= 11 is 0. The summed E-state index contributed by atoms with van der Waals surface area (Å²) in [6.07, 6.45) is 6.49. The quantitative estimate of drug-likeness (QED) is 0.0434. The van der Waals surface area contributed by atoms with Crippen molar-refractivity contribution in [3.05, 3.63) is 0 Å². The largest absolute Gasteiger partial charge is 2.00 e. The van der Waals surface area contributed by atoms with Crippen molar-refractivity contribution >= 4 is 103 Å². The van der Waals surface area contributed by atoms with Gasteiger partial charge in [0.05, 0.1) is 0 Å². The summed E-state index contributed by atoms with van der Waals surface area (Å²) in [7, 11) is -10.8. The molecular formula is C18H42Mg3N6O14P2. The molecule has 0 heterocycles. The summed E-state index contributed by atoms with van der Waals surface area (Å²) in [5.74, 6) is -2.80. The normalized spacial score (nSPS) is 11.8. The summed E-state index contributed by atoms with van der Waals surface area (Å²) in [6.45, 7) is 1.81. The topological polar surface area (TPSA) is 441 Å². The molecule has 0 aromatic carbocycles. The third kappa shape index (κ3) is 92.2. The summed E-state index contributed by atoms with van der Waals surface area (Å²) in [6, 6.07) is -2.15. The molecule has 15 N–H and O–H groups in total. The van der Waals surface area contributed by atoms with Crippen molar-refractivity contribution < 1.29 is 68.2 Å². The van der Waals surface area contributed by atoms with Crippen molar-refractivity contribution in [1.82, 2.24) is 0 Å². The van der Waals surface area contributed by atoms with Gasteiger partial charge in [-0.25, -0.2) is 0 Å². The Kier molecular flexibility index (Phi) is 59.2. The van der Waals surface area contributed by atoms with Crippen LogP contribution in [0.1, 0.15) is 57.8 Å². The number of aliphatic carboxylic acids is 3. The molecule has 0 rings (SSSR count). The van der Waals surface area contributed by atoms with Crippen LogP contribution in [0.15, 0.2) is 0 Å². The zero-order valence-corrected chi connectivity index (χ0v) is 30.1. The van der Waals surface area contributed by atoms with Crippen LogP contribution in [-0.4, -0.2) is 140 Å². The molecule has 0 amide bonds. The van der Waals surface area contributed by atoms with Gasteiger partial charge in [-0.15, -0.1) is 0 Å². The van der Waals surface area contributed by atoms with Gasteiger partial charge in [0.25, 0.3) is 0 Å². The van der Waals surface area contributed by atoms with Gasteiger partial charge < -0.3 is 88.2 Å². The van der Waals surface area contributed by atoms with Crippen LogP contribution in [0.25, 0.3) is 0 Å². The van der Waals surface area contributed by atoms with Gasteiger partial charge in [-0.1, -0.05) is 19.3 Å². The second-order valence-corrected chi connectivity index (χ2v) is 9.37. The van der Waals surface area contributed by atoms with Gasteiger partial charge in [0.1, 0.15) is 18.1 Å². The molecule has 0 spiro atoms. The number of hydrogen-bond donors (Lipinski definition) is 9. The Labute approximate surface area is 299 Å². The first-order valence-electron chi connectivity index (χ1n) is 11.6. The zero-order chi connectivity index (χ0) is 32.9. The van der Waals surface area contributed by atoms with E-state index >= 15 is 0 Å². The van der Waals surface area contributed by atoms with E-state index in [2.05, 4.69) is 0 Å². The van der Waals surface area contributed by atoms with Crippen LogP contribution in [0.2, 0.25) is 0 Å². The molecule has 0 unspecified atom stereocenters. The van der Waals surface area contributed by atoms with E-state index in [1.54, 1.807) is 0 Å². The Morgan fingerprint density at radius 2 is 0.628 bits per heavy atom. The summed E-state index contributed by atoms with van der Waals surface area (Å²) in [5.41, 5.74) is 31.3. The van der Waals surface area contributed by atoms with Crippen molar-refractivity contribution in [3.63, 3.8) is 0 Å². The summed E-state index contributed by atoms with van der Waals surface area (Å²) in [4.78, 5) is 81.7. The molecule has 43 heavy (non-hydrogen) atoms. The second kappa shape index (κ2) is 40.7. The standard InChI is InChI=1S/3C6H14N2O2.3Mg.2H3O4P/c3*7-4-2-1-3-5(8)6(9)10;;;;2*1-5(2,3)4/h3*5H,1-4,7-8H2,(H,9,10);;;;2*(H3,1,2,3,4)/q;;;3*+2;;/p-6/t3*5-;;;;;/m000...../s1. The van der Waals surface area contributed by atoms with Crippen molar-refractivity contribution in [1.29, 1.82) is 0 Å². The molecule has 20 nitrogen and oxygen atoms in total. The van der Waals surface area contributed by atoms with Crippen molar-refractivity contribution in [2.24, 2.45) is 34.4 Å². The second-order valence-electron chi connectivity index (χ2n) is 7.58. The summed E-state index contributed by atoms with van der Waals surface area (Å²) in [5, 5.41) is 25.0. The smallest absolute Gasteiger partial charge is 0.822 e. The van der Waals surface area contributed by atoms with Crippen LogP contribution in [0.4, 0.5) is 0 Å². The molecule has 3 atom stereocenters. The van der Waals surface area contributed by atoms with Crippen LogP contribution in [0.3, 0.4) is 0 Å². The molecule has 244 valence electrons. The number of hydrogen-bond acceptors (Lipinski definition) is 17. The molecule has 25 heteroatoms. The van der Waals surface area contributed by atoms with Crippen molar-refractivity contribution in [2.45, 2.75) is 75.9 Å². The zero-order valence-electron chi connectivity index (χ0n) is 24.0. The molecule has 0 aliphatic heterocycles. The Bertz CT molecular complexity index is 643. The minimum atomic E-state index is -5.39. The maximum absolute atomic E-state index is 10.1. The van der Waals surface area contributed by atoms with Crippen molar-refractivity contribution in [2.75, 3.05) is 19.6 Å². The maximum atomic E-state index is 10.1. The van der Waals surface area contributed by atoms with E-state index < -0.39 is 51.7 Å².